The van der Waals surface area contributed by atoms with Gasteiger partial charge in [0.1, 0.15) is 24.6 Å². The lowest BCUT2D eigenvalue weighted by molar-refractivity contribution is -0.139. The maximum atomic E-state index is 12.4. The van der Waals surface area contributed by atoms with Crippen molar-refractivity contribution >= 4 is 5.91 Å². The number of amides is 1. The number of hydrogen-bond donors (Lipinski definition) is 0. The Balaban J connectivity index is 1.52. The molecule has 0 spiro atoms. The van der Waals surface area contributed by atoms with Crippen molar-refractivity contribution in [1.82, 2.24) is 29.6 Å². The zero-order valence-corrected chi connectivity index (χ0v) is 13.1. The molecule has 0 radical (unpaired) electrons. The molecule has 8 nitrogen and oxygen atoms in total. The van der Waals surface area contributed by atoms with Gasteiger partial charge < -0.3 is 9.64 Å². The van der Waals surface area contributed by atoms with E-state index in [1.165, 1.54) is 6.33 Å². The fourth-order valence-electron chi connectivity index (χ4n) is 2.61. The van der Waals surface area contributed by atoms with Crippen molar-refractivity contribution in [3.05, 3.63) is 36.4 Å². The van der Waals surface area contributed by atoms with Crippen LogP contribution < -0.4 is 0 Å². The van der Waals surface area contributed by atoms with Crippen LogP contribution in [0.25, 0.3) is 0 Å². The molecule has 1 saturated heterocycles. The minimum Gasteiger partial charge on any atom is -0.368 e. The summed E-state index contributed by atoms with van der Waals surface area (Å²) in [6, 6.07) is 1.84. The Morgan fingerprint density at radius 3 is 3.17 bits per heavy atom. The summed E-state index contributed by atoms with van der Waals surface area (Å²) >= 11 is 0. The SMILES string of the molecule is Cc1nccc(C2CN(C(=O)CCCn3cncn3)CCO2)n1. The second-order valence-electron chi connectivity index (χ2n) is 5.49. The third kappa shape index (κ3) is 4.10. The Hall–Kier alpha value is -2.35. The van der Waals surface area contributed by atoms with Crippen molar-refractivity contribution < 1.29 is 9.53 Å². The average Bonchev–Trinajstić information content (AvgIpc) is 3.08. The van der Waals surface area contributed by atoms with Crippen molar-refractivity contribution in [2.45, 2.75) is 32.4 Å². The third-order valence-electron chi connectivity index (χ3n) is 3.79. The van der Waals surface area contributed by atoms with E-state index in [0.29, 0.717) is 38.5 Å². The van der Waals surface area contributed by atoms with Crippen LogP contribution >= 0.6 is 0 Å². The van der Waals surface area contributed by atoms with Gasteiger partial charge in [-0.3, -0.25) is 9.48 Å². The second-order valence-corrected chi connectivity index (χ2v) is 5.49. The summed E-state index contributed by atoms with van der Waals surface area (Å²) in [6.07, 6.45) is 5.95. The lowest BCUT2D eigenvalue weighted by Crippen LogP contribution is -2.42. The van der Waals surface area contributed by atoms with Gasteiger partial charge in [-0.25, -0.2) is 15.0 Å². The molecule has 1 aliphatic heterocycles. The number of aromatic nitrogens is 5. The minimum absolute atomic E-state index is 0.143. The maximum absolute atomic E-state index is 12.4. The predicted molar refractivity (Wildman–Crippen MR) is 81.3 cm³/mol. The van der Waals surface area contributed by atoms with E-state index in [1.807, 2.05) is 17.9 Å². The Morgan fingerprint density at radius 1 is 1.48 bits per heavy atom. The lowest BCUT2D eigenvalue weighted by atomic mass is 10.1. The second kappa shape index (κ2) is 7.28. The summed E-state index contributed by atoms with van der Waals surface area (Å²) in [5.74, 6) is 0.853. The highest BCUT2D eigenvalue weighted by Crippen LogP contribution is 2.21. The number of hydrogen-bond acceptors (Lipinski definition) is 6. The van der Waals surface area contributed by atoms with Crippen LogP contribution in [0.5, 0.6) is 0 Å². The molecule has 8 heteroatoms. The maximum Gasteiger partial charge on any atom is 0.222 e. The number of rotatable bonds is 5. The number of nitrogens with zero attached hydrogens (tertiary/aromatic N) is 6. The molecule has 2 aromatic heterocycles. The van der Waals surface area contributed by atoms with E-state index in [4.69, 9.17) is 4.74 Å². The Labute approximate surface area is 134 Å². The average molecular weight is 316 g/mol. The molecule has 0 bridgehead atoms. The molecule has 23 heavy (non-hydrogen) atoms. The Bertz CT molecular complexity index is 645. The van der Waals surface area contributed by atoms with Crippen LogP contribution in [0.3, 0.4) is 0 Å². The summed E-state index contributed by atoms with van der Waals surface area (Å²) < 4.78 is 7.49. The van der Waals surface area contributed by atoms with Crippen molar-refractivity contribution in [3.8, 4) is 0 Å². The molecule has 0 aromatic carbocycles. The van der Waals surface area contributed by atoms with Gasteiger partial charge in [-0.2, -0.15) is 5.10 Å². The van der Waals surface area contributed by atoms with Crippen LogP contribution in [0, 0.1) is 6.92 Å². The number of carbonyl (C=O) groups excluding carboxylic acids is 1. The van der Waals surface area contributed by atoms with Crippen LogP contribution in [0.2, 0.25) is 0 Å². The van der Waals surface area contributed by atoms with Gasteiger partial charge in [0.25, 0.3) is 0 Å². The molecule has 122 valence electrons. The van der Waals surface area contributed by atoms with Gasteiger partial charge in [0, 0.05) is 25.7 Å². The number of aryl methyl sites for hydroxylation is 2. The van der Waals surface area contributed by atoms with Crippen molar-refractivity contribution in [1.29, 1.82) is 0 Å². The number of carbonyl (C=O) groups is 1. The van der Waals surface area contributed by atoms with Gasteiger partial charge in [0.05, 0.1) is 18.8 Å². The molecule has 0 N–H and O–H groups in total. The highest BCUT2D eigenvalue weighted by Gasteiger charge is 2.26. The summed E-state index contributed by atoms with van der Waals surface area (Å²) in [5.41, 5.74) is 0.831. The van der Waals surface area contributed by atoms with E-state index in [0.717, 1.165) is 12.1 Å². The summed E-state index contributed by atoms with van der Waals surface area (Å²) in [5, 5.41) is 4.03. The first-order valence-electron chi connectivity index (χ1n) is 7.74. The highest BCUT2D eigenvalue weighted by molar-refractivity contribution is 5.76. The van der Waals surface area contributed by atoms with E-state index in [1.54, 1.807) is 17.2 Å². The van der Waals surface area contributed by atoms with Crippen LogP contribution in [0.4, 0.5) is 0 Å². The van der Waals surface area contributed by atoms with E-state index >= 15 is 0 Å². The normalized spacial score (nSPS) is 18.1. The summed E-state index contributed by atoms with van der Waals surface area (Å²) in [4.78, 5) is 26.6. The molecule has 3 heterocycles. The lowest BCUT2D eigenvalue weighted by Gasteiger charge is -2.32. The van der Waals surface area contributed by atoms with E-state index < -0.39 is 0 Å². The molecule has 0 saturated carbocycles. The molecule has 1 aliphatic rings. The first-order chi connectivity index (χ1) is 11.2. The Morgan fingerprint density at radius 2 is 2.39 bits per heavy atom. The zero-order valence-electron chi connectivity index (χ0n) is 13.1. The van der Waals surface area contributed by atoms with Crippen molar-refractivity contribution in [2.75, 3.05) is 19.7 Å². The minimum atomic E-state index is -0.176. The smallest absolute Gasteiger partial charge is 0.222 e. The molecule has 0 aliphatic carbocycles. The molecule has 2 aromatic rings. The highest BCUT2D eigenvalue weighted by atomic mass is 16.5. The molecular formula is C15H20N6O2. The molecule has 1 amide bonds. The Kier molecular flexibility index (Phi) is 4.92. The molecule has 3 rings (SSSR count). The number of ether oxygens (including phenoxy) is 1. The quantitative estimate of drug-likeness (QED) is 0.809. The molecule has 1 fully saturated rings. The van der Waals surface area contributed by atoms with Gasteiger partial charge in [0.2, 0.25) is 5.91 Å². The molecule has 1 atom stereocenters. The van der Waals surface area contributed by atoms with Crippen LogP contribution in [-0.2, 0) is 16.1 Å². The molecular weight excluding hydrogens is 296 g/mol. The fraction of sp³-hybridized carbons (Fsp3) is 0.533. The van der Waals surface area contributed by atoms with Gasteiger partial charge in [-0.1, -0.05) is 0 Å². The van der Waals surface area contributed by atoms with E-state index in [2.05, 4.69) is 20.1 Å². The topological polar surface area (TPSA) is 86.0 Å². The molecule has 1 unspecified atom stereocenters. The fourth-order valence-corrected chi connectivity index (χ4v) is 2.61. The van der Waals surface area contributed by atoms with Gasteiger partial charge in [0.15, 0.2) is 0 Å². The van der Waals surface area contributed by atoms with Crippen molar-refractivity contribution in [3.63, 3.8) is 0 Å². The number of morpholine rings is 1. The first kappa shape index (κ1) is 15.5. The summed E-state index contributed by atoms with van der Waals surface area (Å²) in [6.45, 7) is 4.24. The van der Waals surface area contributed by atoms with E-state index in [-0.39, 0.29) is 12.0 Å². The van der Waals surface area contributed by atoms with Crippen LogP contribution in [0.15, 0.2) is 24.9 Å². The van der Waals surface area contributed by atoms with Crippen LogP contribution in [-0.4, -0.2) is 55.2 Å². The van der Waals surface area contributed by atoms with Crippen molar-refractivity contribution in [2.24, 2.45) is 0 Å². The first-order valence-corrected chi connectivity index (χ1v) is 7.74. The summed E-state index contributed by atoms with van der Waals surface area (Å²) in [7, 11) is 0. The largest absolute Gasteiger partial charge is 0.368 e. The van der Waals surface area contributed by atoms with E-state index in [9.17, 15) is 4.79 Å². The van der Waals surface area contributed by atoms with Gasteiger partial charge in [-0.05, 0) is 19.4 Å². The standard InChI is InChI=1S/C15H20N6O2/c1-12-17-5-4-13(19-12)14-9-20(7-8-23-14)15(22)3-2-6-21-11-16-10-18-21/h4-5,10-11,14H,2-3,6-9H2,1H3. The van der Waals surface area contributed by atoms with Gasteiger partial charge in [-0.15, -0.1) is 0 Å². The van der Waals surface area contributed by atoms with Crippen LogP contribution in [0.1, 0.15) is 30.5 Å². The monoisotopic (exact) mass is 316 g/mol. The zero-order chi connectivity index (χ0) is 16.1. The van der Waals surface area contributed by atoms with Gasteiger partial charge >= 0.3 is 0 Å². The predicted octanol–water partition coefficient (Wildman–Crippen LogP) is 0.757. The third-order valence-corrected chi connectivity index (χ3v) is 3.79.